The van der Waals surface area contributed by atoms with Gasteiger partial charge < -0.3 is 25.8 Å². The minimum Gasteiger partial charge on any atom is -0.497 e. The molecule has 4 N–H and O–H groups in total. The van der Waals surface area contributed by atoms with Crippen molar-refractivity contribution in [3.8, 4) is 5.75 Å². The Bertz CT molecular complexity index is 1300. The lowest BCUT2D eigenvalue weighted by atomic mass is 9.74. The molecule has 1 aliphatic rings. The number of carbonyl (C=O) groups is 1. The van der Waals surface area contributed by atoms with Crippen LogP contribution in [0.4, 0.5) is 23.2 Å². The predicted molar refractivity (Wildman–Crippen MR) is 140 cm³/mol. The first kappa shape index (κ1) is 28.6. The summed E-state index contributed by atoms with van der Waals surface area (Å²) in [6.07, 6.45) is 0.967. The normalized spacial score (nSPS) is 16.3. The molecule has 7 nitrogen and oxygen atoms in total. The highest BCUT2D eigenvalue weighted by atomic mass is 19.2. The third kappa shape index (κ3) is 6.25. The van der Waals surface area contributed by atoms with Crippen LogP contribution < -0.4 is 15.8 Å². The van der Waals surface area contributed by atoms with Gasteiger partial charge in [0.15, 0.2) is 17.5 Å². The Kier molecular flexibility index (Phi) is 8.91. The van der Waals surface area contributed by atoms with E-state index in [2.05, 4.69) is 10.3 Å². The number of rotatable bonds is 11. The number of benzene rings is 2. The topological polar surface area (TPSA) is 101 Å². The van der Waals surface area contributed by atoms with Crippen LogP contribution in [0.15, 0.2) is 36.5 Å². The van der Waals surface area contributed by atoms with Crippen molar-refractivity contribution >= 4 is 22.6 Å². The van der Waals surface area contributed by atoms with E-state index < -0.39 is 35.0 Å². The number of fused-ring (bicyclic) bond motifs is 1. The summed E-state index contributed by atoms with van der Waals surface area (Å²) >= 11 is 0. The van der Waals surface area contributed by atoms with E-state index in [1.807, 2.05) is 4.90 Å². The first-order chi connectivity index (χ1) is 18.7. The molecule has 1 fully saturated rings. The van der Waals surface area contributed by atoms with Gasteiger partial charge in [-0.05, 0) is 62.5 Å². The van der Waals surface area contributed by atoms with Crippen LogP contribution >= 0.6 is 0 Å². The second kappa shape index (κ2) is 12.2. The Balaban J connectivity index is 1.38. The number of nitrogens with zero attached hydrogens (tertiary/aromatic N) is 2. The van der Waals surface area contributed by atoms with Crippen molar-refractivity contribution in [2.75, 3.05) is 38.6 Å². The van der Waals surface area contributed by atoms with Crippen LogP contribution in [0.2, 0.25) is 0 Å². The molecule has 1 unspecified atom stereocenters. The van der Waals surface area contributed by atoms with Crippen molar-refractivity contribution in [2.45, 2.75) is 38.4 Å². The minimum absolute atomic E-state index is 0.0128. The van der Waals surface area contributed by atoms with Crippen LogP contribution in [0.5, 0.6) is 5.75 Å². The number of halogens is 4. The van der Waals surface area contributed by atoms with Gasteiger partial charge in [-0.25, -0.2) is 17.6 Å². The van der Waals surface area contributed by atoms with E-state index in [0.717, 1.165) is 12.1 Å². The summed E-state index contributed by atoms with van der Waals surface area (Å²) in [7, 11) is 1.52. The summed E-state index contributed by atoms with van der Waals surface area (Å²) < 4.78 is 61.1. The first-order valence-corrected chi connectivity index (χ1v) is 12.8. The van der Waals surface area contributed by atoms with Crippen molar-refractivity contribution in [3.05, 3.63) is 65.1 Å². The molecular weight excluding hydrogens is 516 g/mol. The Morgan fingerprint density at radius 1 is 1.21 bits per heavy atom. The van der Waals surface area contributed by atoms with Crippen molar-refractivity contribution in [3.63, 3.8) is 0 Å². The molecular formula is C28H32F4N4O3. The molecule has 2 aromatic carbocycles. The summed E-state index contributed by atoms with van der Waals surface area (Å²) in [6.45, 7) is 1.87. The van der Waals surface area contributed by atoms with Crippen LogP contribution in [0.3, 0.4) is 0 Å². The van der Waals surface area contributed by atoms with E-state index in [4.69, 9.17) is 10.5 Å². The van der Waals surface area contributed by atoms with E-state index >= 15 is 4.39 Å². The summed E-state index contributed by atoms with van der Waals surface area (Å²) in [4.78, 5) is 18.7. The maximum atomic E-state index is 15.8. The fourth-order valence-electron chi connectivity index (χ4n) is 5.23. The number of aliphatic carboxylic acids is 1. The Labute approximate surface area is 224 Å². The molecule has 0 radical (unpaired) electrons. The quantitative estimate of drug-likeness (QED) is 0.224. The molecule has 2 heterocycles. The molecule has 11 heteroatoms. The maximum absolute atomic E-state index is 15.8. The lowest BCUT2D eigenvalue weighted by Gasteiger charge is -2.39. The predicted octanol–water partition coefficient (Wildman–Crippen LogP) is 5.19. The number of nitrogens with two attached hydrogens (primary N) is 1. The molecule has 1 saturated heterocycles. The number of anilines is 1. The average Bonchev–Trinajstić information content (AvgIpc) is 2.94. The molecule has 0 aliphatic carbocycles. The second-order valence-electron chi connectivity index (χ2n) is 9.90. The van der Waals surface area contributed by atoms with Crippen LogP contribution in [0, 0.1) is 22.9 Å². The van der Waals surface area contributed by atoms with Gasteiger partial charge in [0.2, 0.25) is 0 Å². The first-order valence-electron chi connectivity index (χ1n) is 12.8. The number of alkyl halides is 1. The number of ether oxygens (including phenoxy) is 1. The third-order valence-corrected chi connectivity index (χ3v) is 7.62. The van der Waals surface area contributed by atoms with Gasteiger partial charge in [0.05, 0.1) is 18.0 Å². The molecule has 1 atom stereocenters. The highest BCUT2D eigenvalue weighted by Crippen LogP contribution is 2.41. The molecule has 0 saturated carbocycles. The molecule has 4 rings (SSSR count). The molecule has 1 aliphatic heterocycles. The Hall–Kier alpha value is -3.44. The summed E-state index contributed by atoms with van der Waals surface area (Å²) in [5.74, 6) is -4.46. The fraction of sp³-hybridized carbons (Fsp3) is 0.429. The molecule has 0 spiro atoms. The lowest BCUT2D eigenvalue weighted by Crippen LogP contribution is -2.45. The van der Waals surface area contributed by atoms with Gasteiger partial charge in [0.25, 0.3) is 0 Å². The number of piperidine rings is 1. The van der Waals surface area contributed by atoms with E-state index in [0.29, 0.717) is 66.8 Å². The van der Waals surface area contributed by atoms with Crippen molar-refractivity contribution in [1.82, 2.24) is 9.88 Å². The van der Waals surface area contributed by atoms with Crippen LogP contribution in [-0.4, -0.2) is 54.2 Å². The molecule has 0 amide bonds. The van der Waals surface area contributed by atoms with Crippen LogP contribution in [-0.2, 0) is 11.3 Å². The van der Waals surface area contributed by atoms with Crippen molar-refractivity contribution in [2.24, 2.45) is 11.1 Å². The fourth-order valence-corrected chi connectivity index (χ4v) is 5.23. The average molecular weight is 549 g/mol. The highest BCUT2D eigenvalue weighted by molar-refractivity contribution is 5.85. The zero-order chi connectivity index (χ0) is 28.2. The summed E-state index contributed by atoms with van der Waals surface area (Å²) in [5.41, 5.74) is 6.52. The minimum atomic E-state index is -1.52. The standard InChI is InChI=1S/C28H32F4N4O3/c1-39-19-2-3-24-20(14-19)25(17(15-33)16-35-24)21(29)4-5-28(27(37)38)6-9-36(10-7-28)11-8-34-18-12-22(30)26(32)23(31)13-18/h2-3,12-14,16,21,34H,4-11,15,33H2,1H3,(H,37,38). The zero-order valence-corrected chi connectivity index (χ0v) is 21.7. The van der Waals surface area contributed by atoms with Gasteiger partial charge in [-0.1, -0.05) is 0 Å². The highest BCUT2D eigenvalue weighted by Gasteiger charge is 2.41. The molecule has 39 heavy (non-hydrogen) atoms. The van der Waals surface area contributed by atoms with E-state index in [9.17, 15) is 23.1 Å². The number of likely N-dealkylation sites (tertiary alicyclic amines) is 1. The number of methoxy groups -OCH3 is 1. The number of carboxylic acid groups (broad SMARTS) is 1. The van der Waals surface area contributed by atoms with Crippen molar-refractivity contribution < 1.29 is 32.2 Å². The molecule has 1 aromatic heterocycles. The SMILES string of the molecule is COc1ccc2ncc(CN)c(C(F)CCC3(C(=O)O)CCN(CCNc4cc(F)c(F)c(F)c4)CC3)c2c1. The van der Waals surface area contributed by atoms with Gasteiger partial charge >= 0.3 is 5.97 Å². The summed E-state index contributed by atoms with van der Waals surface area (Å²) in [5, 5.41) is 13.5. The van der Waals surface area contributed by atoms with E-state index in [1.54, 1.807) is 24.4 Å². The zero-order valence-electron chi connectivity index (χ0n) is 21.7. The number of aromatic nitrogens is 1. The lowest BCUT2D eigenvalue weighted by molar-refractivity contribution is -0.153. The monoisotopic (exact) mass is 548 g/mol. The van der Waals surface area contributed by atoms with Crippen molar-refractivity contribution in [1.29, 1.82) is 0 Å². The third-order valence-electron chi connectivity index (χ3n) is 7.62. The molecule has 210 valence electrons. The maximum Gasteiger partial charge on any atom is 0.309 e. The number of pyridine rings is 1. The van der Waals surface area contributed by atoms with E-state index in [-0.39, 0.29) is 25.1 Å². The summed E-state index contributed by atoms with van der Waals surface area (Å²) in [6, 6.07) is 6.98. The van der Waals surface area contributed by atoms with Crippen LogP contribution in [0.25, 0.3) is 10.9 Å². The van der Waals surface area contributed by atoms with Gasteiger partial charge in [0, 0.05) is 54.6 Å². The van der Waals surface area contributed by atoms with Crippen LogP contribution in [0.1, 0.15) is 43.0 Å². The number of nitrogens with one attached hydrogen (secondary N) is 1. The van der Waals surface area contributed by atoms with Gasteiger partial charge in [0.1, 0.15) is 11.9 Å². The van der Waals surface area contributed by atoms with Gasteiger partial charge in [-0.15, -0.1) is 0 Å². The second-order valence-corrected chi connectivity index (χ2v) is 9.90. The van der Waals surface area contributed by atoms with E-state index in [1.165, 1.54) is 7.11 Å². The number of carboxylic acids is 1. The largest absolute Gasteiger partial charge is 0.497 e. The number of hydrogen-bond donors (Lipinski definition) is 3. The van der Waals surface area contributed by atoms with Gasteiger partial charge in [-0.3, -0.25) is 9.78 Å². The Morgan fingerprint density at radius 3 is 2.51 bits per heavy atom. The number of hydrogen-bond acceptors (Lipinski definition) is 6. The Morgan fingerprint density at radius 2 is 1.90 bits per heavy atom. The molecule has 0 bridgehead atoms. The van der Waals surface area contributed by atoms with Gasteiger partial charge in [-0.2, -0.15) is 0 Å². The smallest absolute Gasteiger partial charge is 0.309 e. The molecule has 3 aromatic rings.